The van der Waals surface area contributed by atoms with Gasteiger partial charge < -0.3 is 9.32 Å². The van der Waals surface area contributed by atoms with E-state index < -0.39 is 0 Å². The van der Waals surface area contributed by atoms with Crippen LogP contribution in [0.15, 0.2) is 174 Å². The first kappa shape index (κ1) is 29.1. The largest absolute Gasteiger partial charge is 0.455 e. The second-order valence-corrected chi connectivity index (χ2v) is 14.4. The predicted octanol–water partition coefficient (Wildman–Crippen LogP) is 13.6. The van der Waals surface area contributed by atoms with Crippen LogP contribution in [0.1, 0.15) is 12.5 Å². The number of furan rings is 1. The van der Waals surface area contributed by atoms with Gasteiger partial charge in [-0.2, -0.15) is 0 Å². The van der Waals surface area contributed by atoms with Gasteiger partial charge in [-0.25, -0.2) is 0 Å². The van der Waals surface area contributed by atoms with Crippen LogP contribution in [-0.4, -0.2) is 6.04 Å². The fourth-order valence-corrected chi connectivity index (χ4v) is 9.09. The van der Waals surface area contributed by atoms with E-state index in [2.05, 4.69) is 176 Å². The molecule has 2 unspecified atom stereocenters. The molecule has 0 radical (unpaired) electrons. The molecule has 0 amide bonds. The summed E-state index contributed by atoms with van der Waals surface area (Å²) in [6.07, 6.45) is 7.21. The van der Waals surface area contributed by atoms with Gasteiger partial charge in [-0.15, -0.1) is 11.3 Å². The third-order valence-corrected chi connectivity index (χ3v) is 11.5. The van der Waals surface area contributed by atoms with E-state index in [-0.39, 0.29) is 12.0 Å². The van der Waals surface area contributed by atoms with Crippen molar-refractivity contribution in [2.24, 2.45) is 5.92 Å². The van der Waals surface area contributed by atoms with Crippen molar-refractivity contribution in [2.45, 2.75) is 13.0 Å². The SMILES string of the molecule is CC1C=C(c2cccc3ccccc23)C=CC1N(c1ccc2sc3ccccc3c2c1)c1ccccc1-c1cccc2c1oc1ccccc12. The lowest BCUT2D eigenvalue weighted by molar-refractivity contribution is 0.612. The maximum Gasteiger partial charge on any atom is 0.143 e. The molecule has 0 spiro atoms. The van der Waals surface area contributed by atoms with Gasteiger partial charge in [0.1, 0.15) is 11.2 Å². The van der Waals surface area contributed by atoms with Gasteiger partial charge in [0.15, 0.2) is 0 Å². The van der Waals surface area contributed by atoms with Crippen LogP contribution in [0.5, 0.6) is 0 Å². The molecule has 2 nitrogen and oxygen atoms in total. The van der Waals surface area contributed by atoms with Crippen LogP contribution in [0.25, 0.3) is 69.6 Å². The van der Waals surface area contributed by atoms with Crippen molar-refractivity contribution in [3.63, 3.8) is 0 Å². The number of allylic oxidation sites excluding steroid dienone is 2. The number of anilines is 2. The summed E-state index contributed by atoms with van der Waals surface area (Å²) in [4.78, 5) is 2.56. The first-order chi connectivity index (χ1) is 24.7. The third kappa shape index (κ3) is 4.62. The molecule has 9 aromatic rings. The Balaban J connectivity index is 1.17. The van der Waals surface area contributed by atoms with Gasteiger partial charge in [0.05, 0.1) is 6.04 Å². The molecule has 0 fully saturated rings. The standard InChI is InChI=1S/C47H33NOS/c1-30-28-32(35-18-10-13-31-12-2-3-14-34(31)35)24-26-42(30)48(33-25-27-46-41(29-33)38-17-6-9-23-45(38)50-46)43-21-7-4-15-36(43)39-19-11-20-40-37-16-5-8-22-44(37)49-47(39)40/h2-30,42H,1H3. The molecule has 7 aromatic carbocycles. The van der Waals surface area contributed by atoms with Gasteiger partial charge >= 0.3 is 0 Å². The van der Waals surface area contributed by atoms with E-state index in [0.29, 0.717) is 0 Å². The summed E-state index contributed by atoms with van der Waals surface area (Å²) in [5.41, 5.74) is 8.96. The van der Waals surface area contributed by atoms with E-state index in [4.69, 9.17) is 4.42 Å². The molecular formula is C47H33NOS. The van der Waals surface area contributed by atoms with E-state index >= 15 is 0 Å². The van der Waals surface area contributed by atoms with Crippen LogP contribution < -0.4 is 4.90 Å². The van der Waals surface area contributed by atoms with Gasteiger partial charge in [0.25, 0.3) is 0 Å². The average Bonchev–Trinajstić information content (AvgIpc) is 3.74. The molecule has 2 aromatic heterocycles. The molecule has 50 heavy (non-hydrogen) atoms. The topological polar surface area (TPSA) is 16.4 Å². The first-order valence-electron chi connectivity index (χ1n) is 17.3. The van der Waals surface area contributed by atoms with Crippen molar-refractivity contribution in [3.05, 3.63) is 175 Å². The van der Waals surface area contributed by atoms with Crippen molar-refractivity contribution in [1.82, 2.24) is 0 Å². The molecular weight excluding hydrogens is 627 g/mol. The minimum absolute atomic E-state index is 0.0760. The summed E-state index contributed by atoms with van der Waals surface area (Å²) in [6.45, 7) is 2.35. The molecule has 0 saturated carbocycles. The zero-order valence-corrected chi connectivity index (χ0v) is 28.4. The van der Waals surface area contributed by atoms with Crippen LogP contribution in [0.2, 0.25) is 0 Å². The highest BCUT2D eigenvalue weighted by molar-refractivity contribution is 7.25. The van der Waals surface area contributed by atoms with Gasteiger partial charge in [0, 0.05) is 53.4 Å². The van der Waals surface area contributed by atoms with Crippen LogP contribution in [0.3, 0.4) is 0 Å². The number of nitrogens with zero attached hydrogens (tertiary/aromatic N) is 1. The molecule has 10 rings (SSSR count). The van der Waals surface area contributed by atoms with Gasteiger partial charge in [-0.3, -0.25) is 0 Å². The summed E-state index contributed by atoms with van der Waals surface area (Å²) in [5, 5.41) is 7.43. The maximum atomic E-state index is 6.60. The summed E-state index contributed by atoms with van der Waals surface area (Å²) in [7, 11) is 0. The third-order valence-electron chi connectivity index (χ3n) is 10.3. The van der Waals surface area contributed by atoms with Crippen molar-refractivity contribution >= 4 is 81.2 Å². The highest BCUT2D eigenvalue weighted by atomic mass is 32.1. The molecule has 2 heterocycles. The van der Waals surface area contributed by atoms with E-state index in [1.807, 2.05) is 17.4 Å². The molecule has 3 heteroatoms. The summed E-state index contributed by atoms with van der Waals surface area (Å²) in [6, 6.07) is 54.9. The van der Waals surface area contributed by atoms with E-state index in [1.54, 1.807) is 0 Å². The normalized spacial score (nSPS) is 16.1. The number of hydrogen-bond donors (Lipinski definition) is 0. The predicted molar refractivity (Wildman–Crippen MR) is 215 cm³/mol. The van der Waals surface area contributed by atoms with Crippen LogP contribution >= 0.6 is 11.3 Å². The zero-order chi connectivity index (χ0) is 33.2. The number of thiophene rings is 1. The number of rotatable bonds is 5. The van der Waals surface area contributed by atoms with Crippen molar-refractivity contribution in [1.29, 1.82) is 0 Å². The van der Waals surface area contributed by atoms with Gasteiger partial charge in [-0.1, -0.05) is 140 Å². The minimum atomic E-state index is 0.0760. The fourth-order valence-electron chi connectivity index (χ4n) is 8.00. The summed E-state index contributed by atoms with van der Waals surface area (Å²) in [5.74, 6) is 0.221. The Hall–Kier alpha value is -5.90. The molecule has 1 aliphatic rings. The van der Waals surface area contributed by atoms with Crippen molar-refractivity contribution in [2.75, 3.05) is 4.90 Å². The van der Waals surface area contributed by atoms with Crippen LogP contribution in [0, 0.1) is 5.92 Å². The van der Waals surface area contributed by atoms with Crippen molar-refractivity contribution < 1.29 is 4.42 Å². The highest BCUT2D eigenvalue weighted by Crippen LogP contribution is 2.45. The van der Waals surface area contributed by atoms with Crippen LogP contribution in [-0.2, 0) is 0 Å². The Morgan fingerprint density at radius 2 is 1.24 bits per heavy atom. The molecule has 238 valence electrons. The zero-order valence-electron chi connectivity index (χ0n) is 27.6. The van der Waals surface area contributed by atoms with E-state index in [9.17, 15) is 0 Å². The maximum absolute atomic E-state index is 6.60. The lowest BCUT2D eigenvalue weighted by Crippen LogP contribution is -2.35. The minimum Gasteiger partial charge on any atom is -0.455 e. The molecule has 0 aliphatic heterocycles. The molecule has 0 saturated heterocycles. The Labute approximate surface area is 294 Å². The Morgan fingerprint density at radius 3 is 2.16 bits per heavy atom. The smallest absolute Gasteiger partial charge is 0.143 e. The Morgan fingerprint density at radius 1 is 0.560 bits per heavy atom. The summed E-state index contributed by atoms with van der Waals surface area (Å²) >= 11 is 1.86. The lowest BCUT2D eigenvalue weighted by Gasteiger charge is -2.38. The lowest BCUT2D eigenvalue weighted by atomic mass is 9.86. The average molecular weight is 660 g/mol. The first-order valence-corrected chi connectivity index (χ1v) is 18.1. The second kappa shape index (κ2) is 11.6. The molecule has 1 aliphatic carbocycles. The van der Waals surface area contributed by atoms with Crippen molar-refractivity contribution in [3.8, 4) is 11.1 Å². The number of fused-ring (bicyclic) bond motifs is 7. The molecule has 0 N–H and O–H groups in total. The fraction of sp³-hybridized carbons (Fsp3) is 0.0638. The number of para-hydroxylation sites is 3. The number of benzene rings is 7. The number of hydrogen-bond acceptors (Lipinski definition) is 3. The molecule has 0 bridgehead atoms. The second-order valence-electron chi connectivity index (χ2n) is 13.3. The quantitative estimate of drug-likeness (QED) is 0.183. The van der Waals surface area contributed by atoms with Gasteiger partial charge in [0.2, 0.25) is 0 Å². The van der Waals surface area contributed by atoms with Crippen LogP contribution in [0.4, 0.5) is 11.4 Å². The molecule has 2 atom stereocenters. The highest BCUT2D eigenvalue weighted by Gasteiger charge is 2.29. The Kier molecular flexibility index (Phi) is 6.75. The van der Waals surface area contributed by atoms with E-state index in [1.165, 1.54) is 47.8 Å². The van der Waals surface area contributed by atoms with E-state index in [0.717, 1.165) is 38.8 Å². The summed E-state index contributed by atoms with van der Waals surface area (Å²) < 4.78 is 9.22. The van der Waals surface area contributed by atoms with Gasteiger partial charge in [-0.05, 0) is 64.2 Å². The monoisotopic (exact) mass is 659 g/mol. The Bertz CT molecular complexity index is 2810.